The number of fused-ring (bicyclic) bond motifs is 3. The van der Waals surface area contributed by atoms with E-state index in [-0.39, 0.29) is 54.3 Å². The first-order chi connectivity index (χ1) is 25.1. The number of aromatic nitrogens is 1. The van der Waals surface area contributed by atoms with Crippen LogP contribution >= 0.6 is 11.3 Å². The van der Waals surface area contributed by atoms with Crippen molar-refractivity contribution in [2.75, 3.05) is 0 Å². The van der Waals surface area contributed by atoms with Gasteiger partial charge < -0.3 is 9.52 Å². The summed E-state index contributed by atoms with van der Waals surface area (Å²) in [5, 5.41) is 14.5. The van der Waals surface area contributed by atoms with Crippen molar-refractivity contribution in [3.63, 3.8) is 0 Å². The van der Waals surface area contributed by atoms with Crippen LogP contribution in [0, 0.1) is 30.2 Å². The van der Waals surface area contributed by atoms with E-state index in [4.69, 9.17) is 9.40 Å². The van der Waals surface area contributed by atoms with Crippen molar-refractivity contribution in [2.45, 2.75) is 114 Å². The molecule has 0 aliphatic heterocycles. The molecule has 0 aliphatic carbocycles. The first-order valence-corrected chi connectivity index (χ1v) is 20.2. The molecule has 0 saturated carbocycles. The van der Waals surface area contributed by atoms with Gasteiger partial charge in [-0.25, -0.2) is 0 Å². The number of hydrogen-bond donors (Lipinski definition) is 1. The Morgan fingerprint density at radius 1 is 0.889 bits per heavy atom. The van der Waals surface area contributed by atoms with Gasteiger partial charge in [0.25, 0.3) is 0 Å². The van der Waals surface area contributed by atoms with Crippen molar-refractivity contribution in [3.05, 3.63) is 101 Å². The Balaban J connectivity index is 0.000000347. The molecule has 6 aromatic rings. The topological polar surface area (TPSA) is 63.3 Å². The number of hydrogen-bond acceptors (Lipinski definition) is 5. The smallest absolute Gasteiger partial charge is 0.162 e. The Bertz CT molecular complexity index is 2240. The van der Waals surface area contributed by atoms with Crippen molar-refractivity contribution >= 4 is 48.9 Å². The van der Waals surface area contributed by atoms with Gasteiger partial charge in [0, 0.05) is 65.6 Å². The third-order valence-corrected chi connectivity index (χ3v) is 11.5. The molecular formula is C48H58IrNO3S-. The van der Waals surface area contributed by atoms with Crippen LogP contribution in [0.3, 0.4) is 0 Å². The van der Waals surface area contributed by atoms with Crippen LogP contribution < -0.4 is 0 Å². The fourth-order valence-corrected chi connectivity index (χ4v) is 8.45. The number of furan rings is 1. The minimum Gasteiger partial charge on any atom is -0.512 e. The van der Waals surface area contributed by atoms with Crippen LogP contribution in [0.2, 0.25) is 0 Å². The number of aryl methyl sites for hydroxylation is 1. The molecule has 1 N–H and O–H groups in total. The third kappa shape index (κ3) is 9.80. The Labute approximate surface area is 340 Å². The average molecular weight is 921 g/mol. The van der Waals surface area contributed by atoms with Gasteiger partial charge in [0.1, 0.15) is 11.3 Å². The Morgan fingerprint density at radius 3 is 2.19 bits per heavy atom. The Hall–Kier alpha value is -3.57. The second-order valence-electron chi connectivity index (χ2n) is 16.7. The number of rotatable bonds is 10. The summed E-state index contributed by atoms with van der Waals surface area (Å²) >= 11 is 1.76. The normalized spacial score (nSPS) is 12.4. The monoisotopic (exact) mass is 921 g/mol. The molecule has 3 heterocycles. The number of pyridine rings is 1. The maximum absolute atomic E-state index is 11.7. The first-order valence-electron chi connectivity index (χ1n) is 19.4. The zero-order valence-electron chi connectivity index (χ0n) is 34.1. The van der Waals surface area contributed by atoms with E-state index in [1.807, 2.05) is 33.9 Å². The molecule has 0 spiro atoms. The predicted octanol–water partition coefficient (Wildman–Crippen LogP) is 14.4. The van der Waals surface area contributed by atoms with E-state index in [1.54, 1.807) is 11.3 Å². The predicted molar refractivity (Wildman–Crippen MR) is 227 cm³/mol. The number of aliphatic hydroxyl groups excluding tert-OH is 1. The van der Waals surface area contributed by atoms with Gasteiger partial charge in [-0.05, 0) is 79.0 Å². The largest absolute Gasteiger partial charge is 0.512 e. The van der Waals surface area contributed by atoms with Crippen molar-refractivity contribution in [1.29, 1.82) is 0 Å². The van der Waals surface area contributed by atoms with Crippen LogP contribution in [0.1, 0.15) is 112 Å². The summed E-state index contributed by atoms with van der Waals surface area (Å²) in [4.78, 5) is 17.7. The number of ketones is 1. The number of nitrogens with zero attached hydrogens (tertiary/aromatic N) is 1. The first kappa shape index (κ1) is 43.2. The summed E-state index contributed by atoms with van der Waals surface area (Å²) in [6.45, 7) is 23.9. The Kier molecular flexibility index (Phi) is 14.3. The SMILES string of the molecule is CCC(CC)C(=O)/C=C(\O)C(CC)CC.Cc1c(-c2cc3ccnc(-c4[c-]c5ccccc5c(C(C)(C)C)c4)c3s2)oc2cc(CC(C)(C)C)ccc12.[Ir]. The second-order valence-corrected chi connectivity index (χ2v) is 17.8. The van der Waals surface area contributed by atoms with Crippen LogP contribution in [0.25, 0.3) is 53.7 Å². The number of aliphatic hydroxyl groups is 1. The molecule has 0 unspecified atom stereocenters. The summed E-state index contributed by atoms with van der Waals surface area (Å²) in [6.07, 6.45) is 7.84. The molecule has 0 fully saturated rings. The van der Waals surface area contributed by atoms with E-state index in [0.29, 0.717) is 0 Å². The van der Waals surface area contributed by atoms with Crippen molar-refractivity contribution in [3.8, 4) is 21.9 Å². The second kappa shape index (κ2) is 17.9. The average Bonchev–Trinajstić information content (AvgIpc) is 3.68. The minimum atomic E-state index is 0. The molecule has 4 nitrogen and oxygen atoms in total. The molecule has 0 amide bonds. The molecule has 0 bridgehead atoms. The summed E-state index contributed by atoms with van der Waals surface area (Å²) < 4.78 is 7.69. The summed E-state index contributed by atoms with van der Waals surface area (Å²) in [7, 11) is 0. The van der Waals surface area contributed by atoms with E-state index in [1.165, 1.54) is 43.6 Å². The fourth-order valence-electron chi connectivity index (χ4n) is 7.25. The third-order valence-electron chi connectivity index (χ3n) is 10.3. The van der Waals surface area contributed by atoms with E-state index in [0.717, 1.165) is 65.0 Å². The molecule has 1 radical (unpaired) electrons. The summed E-state index contributed by atoms with van der Waals surface area (Å²) in [5.41, 5.74) is 7.06. The van der Waals surface area contributed by atoms with E-state index >= 15 is 0 Å². The van der Waals surface area contributed by atoms with Crippen molar-refractivity contribution < 1.29 is 34.4 Å². The van der Waals surface area contributed by atoms with E-state index in [9.17, 15) is 9.90 Å². The van der Waals surface area contributed by atoms with Gasteiger partial charge >= 0.3 is 0 Å². The van der Waals surface area contributed by atoms with Crippen LogP contribution in [0.4, 0.5) is 0 Å². The number of thiophene rings is 1. The summed E-state index contributed by atoms with van der Waals surface area (Å²) in [5.74, 6) is 1.50. The van der Waals surface area contributed by atoms with Crippen LogP contribution in [0.5, 0.6) is 0 Å². The van der Waals surface area contributed by atoms with Gasteiger partial charge in [-0.2, -0.15) is 0 Å². The van der Waals surface area contributed by atoms with Crippen LogP contribution in [-0.4, -0.2) is 15.9 Å². The van der Waals surface area contributed by atoms with E-state index in [2.05, 4.69) is 115 Å². The van der Waals surface area contributed by atoms with Gasteiger partial charge in [-0.1, -0.05) is 111 Å². The molecule has 6 heteroatoms. The molecule has 0 atom stereocenters. The maximum atomic E-state index is 11.7. The minimum absolute atomic E-state index is 0. The van der Waals surface area contributed by atoms with Gasteiger partial charge in [-0.3, -0.25) is 9.78 Å². The molecule has 6 rings (SSSR count). The van der Waals surface area contributed by atoms with Crippen molar-refractivity contribution in [1.82, 2.24) is 4.98 Å². The van der Waals surface area contributed by atoms with E-state index < -0.39 is 0 Å². The molecule has 54 heavy (non-hydrogen) atoms. The molecule has 0 saturated heterocycles. The quantitative estimate of drug-likeness (QED) is 0.0845. The summed E-state index contributed by atoms with van der Waals surface area (Å²) in [6, 6.07) is 25.5. The molecule has 289 valence electrons. The number of benzene rings is 3. The van der Waals surface area contributed by atoms with Crippen molar-refractivity contribution in [2.24, 2.45) is 17.3 Å². The van der Waals surface area contributed by atoms with Gasteiger partial charge in [-0.15, -0.1) is 40.5 Å². The van der Waals surface area contributed by atoms with Crippen LogP contribution in [-0.2, 0) is 36.7 Å². The van der Waals surface area contributed by atoms with Crippen LogP contribution in [0.15, 0.2) is 83.1 Å². The van der Waals surface area contributed by atoms with Gasteiger partial charge in [0.2, 0.25) is 0 Å². The van der Waals surface area contributed by atoms with Gasteiger partial charge in [0.05, 0.1) is 10.6 Å². The zero-order valence-corrected chi connectivity index (χ0v) is 37.3. The number of carbonyl (C=O) groups excluding carboxylic acids is 1. The number of allylic oxidation sites excluding steroid dienone is 2. The standard InChI is InChI=1S/C35H34NOS.C13H24O2.Ir/c1-21-26-13-12-22(20-34(2,3)4)16-29(26)37-32(21)30-19-24-14-15-36-31(33(24)38-30)25-17-23-10-8-9-11-27(23)28(18-25)35(5,6)7;1-5-10(6-2)12(14)9-13(15)11(7-3)8-4;/h8-16,18-19H,20H2,1-7H3;9-11,14H,5-8H2,1-4H3;/q-1;;/b;12-9-;. The molecule has 3 aromatic heterocycles. The molecular weight excluding hydrogens is 863 g/mol. The zero-order chi connectivity index (χ0) is 38.7. The van der Waals surface area contributed by atoms with Gasteiger partial charge in [0.15, 0.2) is 5.78 Å². The maximum Gasteiger partial charge on any atom is 0.162 e. The Morgan fingerprint density at radius 2 is 1.56 bits per heavy atom. The fraction of sp³-hybridized carbons (Fsp3) is 0.417. The molecule has 3 aromatic carbocycles. The number of carbonyl (C=O) groups is 1. The molecule has 0 aliphatic rings.